The second kappa shape index (κ2) is 5.46. The summed E-state index contributed by atoms with van der Waals surface area (Å²) in [5.74, 6) is -4.05. The van der Waals surface area contributed by atoms with E-state index in [4.69, 9.17) is 15.9 Å². The highest BCUT2D eigenvalue weighted by Crippen LogP contribution is 2.23. The van der Waals surface area contributed by atoms with Crippen LogP contribution in [-0.2, 0) is 4.79 Å². The Bertz CT molecular complexity index is 540. The molecule has 1 amide bonds. The summed E-state index contributed by atoms with van der Waals surface area (Å²) in [7, 11) is 0. The molecule has 0 radical (unpaired) electrons. The quantitative estimate of drug-likeness (QED) is 0.456. The van der Waals surface area contributed by atoms with E-state index < -0.39 is 41.2 Å². The summed E-state index contributed by atoms with van der Waals surface area (Å²) < 4.78 is 0. The molecule has 0 heterocycles. The van der Waals surface area contributed by atoms with E-state index in [1.54, 1.807) is 0 Å². The minimum Gasteiger partial charge on any atom is -0.478 e. The summed E-state index contributed by atoms with van der Waals surface area (Å²) in [6.45, 7) is 0. The Balaban J connectivity index is 3.36. The smallest absolute Gasteiger partial charge is 0.336 e. The summed E-state index contributed by atoms with van der Waals surface area (Å²) in [5.41, 5.74) is 3.65. The van der Waals surface area contributed by atoms with Crippen molar-refractivity contribution in [1.29, 1.82) is 0 Å². The van der Waals surface area contributed by atoms with Gasteiger partial charge < -0.3 is 26.2 Å². The van der Waals surface area contributed by atoms with E-state index in [2.05, 4.69) is 0 Å². The fraction of sp³-hybridized carbons (Fsp3) is 0.182. The number of hydrogen-bond donors (Lipinski definition) is 5. The summed E-state index contributed by atoms with van der Waals surface area (Å²) in [6, 6.07) is 2.85. The number of nitrogens with two attached hydrogens (primary N) is 1. The van der Waals surface area contributed by atoms with Gasteiger partial charge in [0.1, 0.15) is 6.10 Å². The number of carbonyl (C=O) groups is 3. The number of carboxylic acids is 2. The fourth-order valence-electron chi connectivity index (χ4n) is 1.46. The average Bonchev–Trinajstić information content (AvgIpc) is 2.35. The predicted molar refractivity (Wildman–Crippen MR) is 60.5 cm³/mol. The number of rotatable bonds is 5. The van der Waals surface area contributed by atoms with E-state index in [1.807, 2.05) is 0 Å². The third kappa shape index (κ3) is 3.06. The molecule has 0 spiro atoms. The Kier molecular flexibility index (Phi) is 4.20. The largest absolute Gasteiger partial charge is 0.478 e. The van der Waals surface area contributed by atoms with Gasteiger partial charge in [0.05, 0.1) is 11.1 Å². The van der Waals surface area contributed by atoms with Crippen molar-refractivity contribution in [3.8, 4) is 0 Å². The van der Waals surface area contributed by atoms with Crippen LogP contribution in [0.4, 0.5) is 0 Å². The fourth-order valence-corrected chi connectivity index (χ4v) is 1.46. The lowest BCUT2D eigenvalue weighted by Crippen LogP contribution is -2.34. The van der Waals surface area contributed by atoms with Crippen molar-refractivity contribution < 1.29 is 34.8 Å². The maximum Gasteiger partial charge on any atom is 0.336 e. The van der Waals surface area contributed by atoms with Gasteiger partial charge in [-0.2, -0.15) is 0 Å². The van der Waals surface area contributed by atoms with E-state index >= 15 is 0 Å². The van der Waals surface area contributed by atoms with E-state index in [9.17, 15) is 24.6 Å². The second-order valence-electron chi connectivity index (χ2n) is 3.70. The molecular weight excluding hydrogens is 258 g/mol. The monoisotopic (exact) mass is 269 g/mol. The Morgan fingerprint density at radius 1 is 1.05 bits per heavy atom. The molecule has 8 nitrogen and oxygen atoms in total. The highest BCUT2D eigenvalue weighted by atomic mass is 16.4. The lowest BCUT2D eigenvalue weighted by atomic mass is 9.96. The molecule has 0 fully saturated rings. The molecule has 0 saturated heterocycles. The summed E-state index contributed by atoms with van der Waals surface area (Å²) in [6.07, 6.45) is -3.97. The Hall–Kier alpha value is -2.45. The molecule has 102 valence electrons. The maximum atomic E-state index is 10.9. The predicted octanol–water partition coefficient (Wildman–Crippen LogP) is -1.04. The molecule has 8 heteroatoms. The van der Waals surface area contributed by atoms with Crippen LogP contribution in [0.1, 0.15) is 32.4 Å². The first-order valence-corrected chi connectivity index (χ1v) is 5.01. The number of primary amides is 1. The molecule has 6 N–H and O–H groups in total. The van der Waals surface area contributed by atoms with Crippen molar-refractivity contribution in [2.45, 2.75) is 12.2 Å². The normalized spacial score (nSPS) is 13.6. The van der Waals surface area contributed by atoms with Gasteiger partial charge in [-0.05, 0) is 23.8 Å². The van der Waals surface area contributed by atoms with Crippen LogP contribution in [-0.4, -0.2) is 44.4 Å². The number of hydrogen-bond acceptors (Lipinski definition) is 5. The number of aliphatic hydroxyl groups is 2. The number of aliphatic hydroxyl groups excluding tert-OH is 2. The van der Waals surface area contributed by atoms with Crippen LogP contribution in [0.3, 0.4) is 0 Å². The molecule has 1 aromatic rings. The molecule has 1 aromatic carbocycles. The zero-order chi connectivity index (χ0) is 14.7. The van der Waals surface area contributed by atoms with Crippen molar-refractivity contribution in [2.75, 3.05) is 0 Å². The van der Waals surface area contributed by atoms with Crippen LogP contribution in [0.15, 0.2) is 18.2 Å². The molecule has 0 aliphatic carbocycles. The highest BCUT2D eigenvalue weighted by Gasteiger charge is 2.28. The molecule has 0 saturated carbocycles. The number of amides is 1. The summed E-state index contributed by atoms with van der Waals surface area (Å²) in [4.78, 5) is 32.5. The topological polar surface area (TPSA) is 158 Å². The van der Waals surface area contributed by atoms with Crippen molar-refractivity contribution in [2.24, 2.45) is 5.73 Å². The van der Waals surface area contributed by atoms with Crippen LogP contribution >= 0.6 is 0 Å². The first-order chi connectivity index (χ1) is 8.75. The van der Waals surface area contributed by atoms with Gasteiger partial charge in [-0.25, -0.2) is 9.59 Å². The Morgan fingerprint density at radius 3 is 2.05 bits per heavy atom. The number of aromatic carboxylic acids is 2. The van der Waals surface area contributed by atoms with Gasteiger partial charge in [-0.1, -0.05) is 0 Å². The molecule has 0 aliphatic rings. The van der Waals surface area contributed by atoms with E-state index in [-0.39, 0.29) is 5.56 Å². The minimum atomic E-state index is -2.04. The lowest BCUT2D eigenvalue weighted by Gasteiger charge is -2.17. The first kappa shape index (κ1) is 14.6. The standard InChI is InChI=1S/C11H11NO7/c12-9(15)8(14)7(13)6-3-4(10(16)17)1-2-5(6)11(18)19/h1-3,7-8,13-14H,(H2,12,15)(H,16,17)(H,18,19). The molecule has 2 unspecified atom stereocenters. The van der Waals surface area contributed by atoms with Crippen molar-refractivity contribution >= 4 is 17.8 Å². The number of benzene rings is 1. The van der Waals surface area contributed by atoms with E-state index in [0.29, 0.717) is 0 Å². The van der Waals surface area contributed by atoms with Gasteiger partial charge in [0.25, 0.3) is 0 Å². The molecule has 2 atom stereocenters. The second-order valence-corrected chi connectivity index (χ2v) is 3.70. The van der Waals surface area contributed by atoms with Gasteiger partial charge in [0.2, 0.25) is 5.91 Å². The van der Waals surface area contributed by atoms with Crippen LogP contribution in [0.2, 0.25) is 0 Å². The van der Waals surface area contributed by atoms with Crippen LogP contribution in [0.25, 0.3) is 0 Å². The molecule has 0 aliphatic heterocycles. The Morgan fingerprint density at radius 2 is 1.63 bits per heavy atom. The lowest BCUT2D eigenvalue weighted by molar-refractivity contribution is -0.132. The van der Waals surface area contributed by atoms with E-state index in [1.165, 1.54) is 0 Å². The van der Waals surface area contributed by atoms with Crippen molar-refractivity contribution in [1.82, 2.24) is 0 Å². The number of carbonyl (C=O) groups excluding carboxylic acids is 1. The molecular formula is C11H11NO7. The third-order valence-corrected chi connectivity index (χ3v) is 2.44. The number of carboxylic acid groups (broad SMARTS) is 2. The van der Waals surface area contributed by atoms with Gasteiger partial charge >= 0.3 is 11.9 Å². The van der Waals surface area contributed by atoms with Crippen LogP contribution in [0.5, 0.6) is 0 Å². The molecule has 19 heavy (non-hydrogen) atoms. The van der Waals surface area contributed by atoms with Crippen molar-refractivity contribution in [3.63, 3.8) is 0 Å². The molecule has 0 bridgehead atoms. The third-order valence-electron chi connectivity index (χ3n) is 2.44. The zero-order valence-corrected chi connectivity index (χ0v) is 9.48. The van der Waals surface area contributed by atoms with Crippen LogP contribution < -0.4 is 5.73 Å². The van der Waals surface area contributed by atoms with Gasteiger partial charge in [0.15, 0.2) is 6.10 Å². The van der Waals surface area contributed by atoms with Crippen LogP contribution in [0, 0.1) is 0 Å². The Labute approximate surface area is 106 Å². The average molecular weight is 269 g/mol. The molecule has 0 aromatic heterocycles. The highest BCUT2D eigenvalue weighted by molar-refractivity contribution is 5.93. The first-order valence-electron chi connectivity index (χ1n) is 5.01. The van der Waals surface area contributed by atoms with Gasteiger partial charge in [0, 0.05) is 0 Å². The SMILES string of the molecule is NC(=O)C(O)C(O)c1cc(C(=O)O)ccc1C(=O)O. The molecule has 1 rings (SSSR count). The van der Waals surface area contributed by atoms with E-state index in [0.717, 1.165) is 18.2 Å². The van der Waals surface area contributed by atoms with Gasteiger partial charge in [-0.15, -0.1) is 0 Å². The zero-order valence-electron chi connectivity index (χ0n) is 9.48. The maximum absolute atomic E-state index is 10.9. The van der Waals surface area contributed by atoms with Crippen molar-refractivity contribution in [3.05, 3.63) is 34.9 Å². The summed E-state index contributed by atoms with van der Waals surface area (Å²) in [5, 5.41) is 36.7. The minimum absolute atomic E-state index is 0.296. The van der Waals surface area contributed by atoms with Gasteiger partial charge in [-0.3, -0.25) is 4.79 Å². The summed E-state index contributed by atoms with van der Waals surface area (Å²) >= 11 is 0.